The minimum atomic E-state index is -0.411. The normalized spacial score (nSPS) is 16.1. The Morgan fingerprint density at radius 1 is 1.29 bits per heavy atom. The van der Waals surface area contributed by atoms with Gasteiger partial charge in [-0.1, -0.05) is 17.7 Å². The van der Waals surface area contributed by atoms with Gasteiger partial charge in [-0.25, -0.2) is 9.37 Å². The fourth-order valence-electron chi connectivity index (χ4n) is 2.30. The van der Waals surface area contributed by atoms with Crippen LogP contribution in [-0.2, 0) is 11.3 Å². The summed E-state index contributed by atoms with van der Waals surface area (Å²) in [6, 6.07) is 6.80. The summed E-state index contributed by atoms with van der Waals surface area (Å²) in [4.78, 5) is 10.7. The van der Waals surface area contributed by atoms with E-state index in [0.29, 0.717) is 11.3 Å². The molecule has 3 heterocycles. The zero-order valence-electron chi connectivity index (χ0n) is 11.4. The van der Waals surface area contributed by atoms with Gasteiger partial charge in [-0.05, 0) is 12.1 Å². The highest BCUT2D eigenvalue weighted by molar-refractivity contribution is 6.29. The van der Waals surface area contributed by atoms with Crippen LogP contribution >= 0.6 is 11.6 Å². The van der Waals surface area contributed by atoms with Crippen LogP contribution < -0.4 is 0 Å². The first-order valence-corrected chi connectivity index (χ1v) is 7.17. The summed E-state index contributed by atoms with van der Waals surface area (Å²) in [5, 5.41) is 0.140. The molecule has 6 heteroatoms. The van der Waals surface area contributed by atoms with Crippen molar-refractivity contribution in [3.63, 3.8) is 0 Å². The molecular weight excluding hydrogens is 293 g/mol. The highest BCUT2D eigenvalue weighted by Gasteiger charge is 2.13. The Labute approximate surface area is 127 Å². The Balaban J connectivity index is 1.82. The van der Waals surface area contributed by atoms with Gasteiger partial charge in [0.05, 0.1) is 30.2 Å². The van der Waals surface area contributed by atoms with Crippen molar-refractivity contribution in [1.82, 2.24) is 14.9 Å². The van der Waals surface area contributed by atoms with Gasteiger partial charge < -0.3 is 4.74 Å². The molecule has 110 valence electrons. The number of halogens is 2. The molecule has 0 saturated carbocycles. The van der Waals surface area contributed by atoms with Crippen molar-refractivity contribution in [3.05, 3.63) is 47.1 Å². The Morgan fingerprint density at radius 3 is 2.86 bits per heavy atom. The first kappa shape index (κ1) is 14.4. The third-order valence-electron chi connectivity index (χ3n) is 3.39. The number of rotatable bonds is 3. The third kappa shape index (κ3) is 3.56. The van der Waals surface area contributed by atoms with Crippen molar-refractivity contribution in [2.45, 2.75) is 6.54 Å². The molecule has 0 spiro atoms. The predicted octanol–water partition coefficient (Wildman–Crippen LogP) is 2.77. The molecule has 0 bridgehead atoms. The Hall–Kier alpha value is -1.56. The minimum absolute atomic E-state index is 0.140. The van der Waals surface area contributed by atoms with Crippen molar-refractivity contribution in [1.29, 1.82) is 0 Å². The topological polar surface area (TPSA) is 38.2 Å². The number of pyridine rings is 2. The second-order valence-electron chi connectivity index (χ2n) is 4.89. The molecule has 0 N–H and O–H groups in total. The van der Waals surface area contributed by atoms with Gasteiger partial charge in [0, 0.05) is 31.9 Å². The molecule has 1 fully saturated rings. The Morgan fingerprint density at radius 2 is 2.10 bits per heavy atom. The zero-order valence-corrected chi connectivity index (χ0v) is 12.2. The van der Waals surface area contributed by atoms with Crippen molar-refractivity contribution < 1.29 is 9.13 Å². The summed E-state index contributed by atoms with van der Waals surface area (Å²) >= 11 is 5.67. The first-order valence-electron chi connectivity index (χ1n) is 6.80. The quantitative estimate of drug-likeness (QED) is 0.817. The van der Waals surface area contributed by atoms with Crippen LogP contribution in [0.15, 0.2) is 30.5 Å². The molecule has 0 radical (unpaired) electrons. The fourth-order valence-corrected chi connectivity index (χ4v) is 2.45. The predicted molar refractivity (Wildman–Crippen MR) is 78.5 cm³/mol. The van der Waals surface area contributed by atoms with E-state index < -0.39 is 5.82 Å². The summed E-state index contributed by atoms with van der Waals surface area (Å²) in [5.41, 5.74) is 1.84. The first-order chi connectivity index (χ1) is 10.2. The summed E-state index contributed by atoms with van der Waals surface area (Å²) in [6.07, 6.45) is 1.42. The van der Waals surface area contributed by atoms with Gasteiger partial charge in [-0.3, -0.25) is 9.88 Å². The number of ether oxygens (including phenoxy) is 1. The smallest absolute Gasteiger partial charge is 0.137 e. The van der Waals surface area contributed by atoms with Crippen molar-refractivity contribution in [2.24, 2.45) is 0 Å². The largest absolute Gasteiger partial charge is 0.379 e. The molecule has 0 unspecified atom stereocenters. The molecule has 1 aliphatic rings. The van der Waals surface area contributed by atoms with Crippen LogP contribution in [0.4, 0.5) is 4.39 Å². The second-order valence-corrected chi connectivity index (χ2v) is 5.28. The van der Waals surface area contributed by atoms with Gasteiger partial charge in [0.1, 0.15) is 11.0 Å². The molecular formula is C15H15ClFN3O. The van der Waals surface area contributed by atoms with Crippen LogP contribution in [0, 0.1) is 5.82 Å². The molecule has 2 aromatic rings. The van der Waals surface area contributed by atoms with Gasteiger partial charge in [-0.15, -0.1) is 0 Å². The van der Waals surface area contributed by atoms with E-state index >= 15 is 0 Å². The molecule has 3 rings (SSSR count). The fraction of sp³-hybridized carbons (Fsp3) is 0.333. The molecule has 0 atom stereocenters. The minimum Gasteiger partial charge on any atom is -0.379 e. The van der Waals surface area contributed by atoms with E-state index in [1.807, 2.05) is 12.1 Å². The number of hydrogen-bond acceptors (Lipinski definition) is 4. The molecule has 0 aliphatic carbocycles. The van der Waals surface area contributed by atoms with Crippen LogP contribution in [0.5, 0.6) is 0 Å². The van der Waals surface area contributed by atoms with Crippen LogP contribution in [0.1, 0.15) is 5.69 Å². The van der Waals surface area contributed by atoms with E-state index in [9.17, 15) is 4.39 Å². The number of nitrogens with zero attached hydrogens (tertiary/aromatic N) is 3. The van der Waals surface area contributed by atoms with E-state index in [1.54, 1.807) is 6.07 Å². The van der Waals surface area contributed by atoms with E-state index in [1.165, 1.54) is 12.3 Å². The average molecular weight is 308 g/mol. The van der Waals surface area contributed by atoms with Crippen LogP contribution in [-0.4, -0.2) is 41.2 Å². The number of morpholine rings is 1. The summed E-state index contributed by atoms with van der Waals surface area (Å²) in [5.74, 6) is -0.411. The van der Waals surface area contributed by atoms with Crippen LogP contribution in [0.3, 0.4) is 0 Å². The highest BCUT2D eigenvalue weighted by atomic mass is 35.5. The van der Waals surface area contributed by atoms with E-state index in [-0.39, 0.29) is 5.15 Å². The highest BCUT2D eigenvalue weighted by Crippen LogP contribution is 2.22. The van der Waals surface area contributed by atoms with E-state index in [4.69, 9.17) is 16.3 Å². The molecule has 21 heavy (non-hydrogen) atoms. The molecule has 4 nitrogen and oxygen atoms in total. The summed E-state index contributed by atoms with van der Waals surface area (Å²) in [6.45, 7) is 4.01. The van der Waals surface area contributed by atoms with Gasteiger partial charge in [0.15, 0.2) is 0 Å². The van der Waals surface area contributed by atoms with Crippen LogP contribution in [0.25, 0.3) is 11.3 Å². The van der Waals surface area contributed by atoms with E-state index in [2.05, 4.69) is 14.9 Å². The monoisotopic (exact) mass is 307 g/mol. The lowest BCUT2D eigenvalue weighted by Crippen LogP contribution is -2.35. The molecule has 1 aliphatic heterocycles. The lowest BCUT2D eigenvalue weighted by atomic mass is 10.1. The standard InChI is InChI=1S/C15H15ClFN3O/c16-15-8-13(17)12(9-18-15)14-3-1-2-11(19-14)10-20-4-6-21-7-5-20/h1-3,8-9H,4-7,10H2. The maximum atomic E-state index is 13.9. The van der Waals surface area contributed by atoms with Crippen molar-refractivity contribution >= 4 is 11.6 Å². The number of aromatic nitrogens is 2. The summed E-state index contributed by atoms with van der Waals surface area (Å²) in [7, 11) is 0. The lowest BCUT2D eigenvalue weighted by molar-refractivity contribution is 0.0336. The average Bonchev–Trinajstić information content (AvgIpc) is 2.48. The van der Waals surface area contributed by atoms with Crippen LogP contribution in [0.2, 0.25) is 5.15 Å². The molecule has 0 aromatic carbocycles. The van der Waals surface area contributed by atoms with E-state index in [0.717, 1.165) is 38.5 Å². The molecule has 0 amide bonds. The number of hydrogen-bond donors (Lipinski definition) is 0. The van der Waals surface area contributed by atoms with Gasteiger partial charge in [0.25, 0.3) is 0 Å². The van der Waals surface area contributed by atoms with Crippen molar-refractivity contribution in [2.75, 3.05) is 26.3 Å². The van der Waals surface area contributed by atoms with Gasteiger partial charge in [-0.2, -0.15) is 0 Å². The third-order valence-corrected chi connectivity index (χ3v) is 3.60. The Bertz CT molecular complexity index is 632. The molecule has 2 aromatic heterocycles. The zero-order chi connectivity index (χ0) is 14.7. The van der Waals surface area contributed by atoms with Gasteiger partial charge in [0.2, 0.25) is 0 Å². The second kappa shape index (κ2) is 6.47. The SMILES string of the molecule is Fc1cc(Cl)ncc1-c1cccc(CN2CCOCC2)n1. The maximum Gasteiger partial charge on any atom is 0.137 e. The maximum absolute atomic E-state index is 13.9. The molecule has 1 saturated heterocycles. The lowest BCUT2D eigenvalue weighted by Gasteiger charge is -2.26. The van der Waals surface area contributed by atoms with Crippen molar-refractivity contribution in [3.8, 4) is 11.3 Å². The summed E-state index contributed by atoms with van der Waals surface area (Å²) < 4.78 is 19.3. The van der Waals surface area contributed by atoms with Gasteiger partial charge >= 0.3 is 0 Å². The Kier molecular flexibility index (Phi) is 4.43.